The van der Waals surface area contributed by atoms with Crippen LogP contribution in [0, 0.1) is 0 Å². The summed E-state index contributed by atoms with van der Waals surface area (Å²) < 4.78 is 0. The zero-order chi connectivity index (χ0) is 18.3. The normalized spacial score (nSPS) is 13.0. The molecule has 0 atom stereocenters. The van der Waals surface area contributed by atoms with Gasteiger partial charge in [-0.3, -0.25) is 9.59 Å². The van der Waals surface area contributed by atoms with Crippen molar-refractivity contribution < 1.29 is 9.59 Å². The Morgan fingerprint density at radius 3 is 1.42 bits per heavy atom. The number of hydrogen-bond acceptors (Lipinski definition) is 2. The molecule has 0 fully saturated rings. The van der Waals surface area contributed by atoms with Gasteiger partial charge in [0, 0.05) is 22.3 Å². The van der Waals surface area contributed by atoms with Crippen molar-refractivity contribution in [2.45, 2.75) is 39.5 Å². The van der Waals surface area contributed by atoms with Gasteiger partial charge in [-0.05, 0) is 46.9 Å². The molecule has 2 nitrogen and oxygen atoms in total. The highest BCUT2D eigenvalue weighted by Crippen LogP contribution is 2.34. The molecule has 0 N–H and O–H groups in total. The van der Waals surface area contributed by atoms with Gasteiger partial charge in [-0.1, -0.05) is 63.1 Å². The van der Waals surface area contributed by atoms with Crippen molar-refractivity contribution in [2.75, 3.05) is 0 Å². The Labute approximate surface area is 153 Å². The molecule has 0 spiro atoms. The second-order valence-corrected chi connectivity index (χ2v) is 7.03. The van der Waals surface area contributed by atoms with Gasteiger partial charge < -0.3 is 0 Å². The Bertz CT molecular complexity index is 960. The fraction of sp³-hybridized carbons (Fsp3) is 0.250. The number of fused-ring (bicyclic) bond motifs is 3. The molecule has 0 radical (unpaired) electrons. The van der Waals surface area contributed by atoms with Crippen molar-refractivity contribution in [1.82, 2.24) is 0 Å². The summed E-state index contributed by atoms with van der Waals surface area (Å²) >= 11 is 0. The summed E-state index contributed by atoms with van der Waals surface area (Å²) in [6.45, 7) is 4.32. The predicted molar refractivity (Wildman–Crippen MR) is 105 cm³/mol. The first-order valence-electron chi connectivity index (χ1n) is 9.42. The van der Waals surface area contributed by atoms with Gasteiger partial charge in [-0.25, -0.2) is 0 Å². The van der Waals surface area contributed by atoms with E-state index in [-0.39, 0.29) is 11.6 Å². The zero-order valence-corrected chi connectivity index (χ0v) is 15.3. The Morgan fingerprint density at radius 1 is 0.615 bits per heavy atom. The third-order valence-electron chi connectivity index (χ3n) is 5.28. The molecule has 3 aromatic carbocycles. The van der Waals surface area contributed by atoms with E-state index in [1.807, 2.05) is 24.3 Å². The summed E-state index contributed by atoms with van der Waals surface area (Å²) in [7, 11) is 0. The molecular formula is C24H22O2. The molecule has 0 aromatic heterocycles. The topological polar surface area (TPSA) is 34.1 Å². The molecule has 1 aliphatic carbocycles. The van der Waals surface area contributed by atoms with Crippen LogP contribution < -0.4 is 0 Å². The van der Waals surface area contributed by atoms with E-state index in [4.69, 9.17) is 0 Å². The average Bonchev–Trinajstić information content (AvgIpc) is 2.67. The molecule has 2 heteroatoms. The highest BCUT2D eigenvalue weighted by atomic mass is 16.1. The number of benzene rings is 3. The summed E-state index contributed by atoms with van der Waals surface area (Å²) in [5, 5.41) is 2.24. The first-order valence-corrected chi connectivity index (χ1v) is 9.42. The largest absolute Gasteiger partial charge is 0.289 e. The van der Waals surface area contributed by atoms with Crippen LogP contribution >= 0.6 is 0 Å². The van der Waals surface area contributed by atoms with Crippen LogP contribution in [0.1, 0.15) is 69.7 Å². The molecule has 1 aliphatic rings. The van der Waals surface area contributed by atoms with Crippen molar-refractivity contribution in [3.63, 3.8) is 0 Å². The first kappa shape index (κ1) is 16.7. The van der Waals surface area contributed by atoms with Crippen molar-refractivity contribution in [3.05, 3.63) is 81.9 Å². The fourth-order valence-electron chi connectivity index (χ4n) is 4.03. The Morgan fingerprint density at radius 2 is 1.04 bits per heavy atom. The fourth-order valence-corrected chi connectivity index (χ4v) is 4.03. The molecule has 0 unspecified atom stereocenters. The van der Waals surface area contributed by atoms with E-state index < -0.39 is 0 Å². The van der Waals surface area contributed by atoms with Gasteiger partial charge in [0.15, 0.2) is 11.6 Å². The van der Waals surface area contributed by atoms with Crippen LogP contribution in [0.2, 0.25) is 0 Å². The van der Waals surface area contributed by atoms with E-state index in [2.05, 4.69) is 26.0 Å². The van der Waals surface area contributed by atoms with Crippen LogP contribution in [0.4, 0.5) is 0 Å². The minimum atomic E-state index is -0.0413. The predicted octanol–water partition coefficient (Wildman–Crippen LogP) is 5.52. The lowest BCUT2D eigenvalue weighted by atomic mass is 9.81. The van der Waals surface area contributed by atoms with Crippen molar-refractivity contribution in [1.29, 1.82) is 0 Å². The van der Waals surface area contributed by atoms with Gasteiger partial charge in [-0.15, -0.1) is 0 Å². The molecule has 0 bridgehead atoms. The van der Waals surface area contributed by atoms with Gasteiger partial charge in [-0.2, -0.15) is 0 Å². The third kappa shape index (κ3) is 2.48. The maximum absolute atomic E-state index is 13.0. The van der Waals surface area contributed by atoms with Crippen molar-refractivity contribution in [3.8, 4) is 0 Å². The summed E-state index contributed by atoms with van der Waals surface area (Å²) in [5.74, 6) is -0.0825. The number of carbonyl (C=O) groups is 2. The van der Waals surface area contributed by atoms with Gasteiger partial charge >= 0.3 is 0 Å². The molecule has 26 heavy (non-hydrogen) atoms. The Hall–Kier alpha value is -2.74. The van der Waals surface area contributed by atoms with Crippen molar-refractivity contribution >= 4 is 22.3 Å². The summed E-state index contributed by atoms with van der Waals surface area (Å²) in [4.78, 5) is 26.0. The van der Waals surface area contributed by atoms with E-state index in [9.17, 15) is 9.59 Å². The number of ketones is 2. The lowest BCUT2D eigenvalue weighted by molar-refractivity contribution is 0.0979. The maximum atomic E-state index is 13.0. The smallest absolute Gasteiger partial charge is 0.194 e. The average molecular weight is 342 g/mol. The van der Waals surface area contributed by atoms with E-state index in [0.29, 0.717) is 22.3 Å². The zero-order valence-electron chi connectivity index (χ0n) is 15.3. The number of aryl methyl sites for hydroxylation is 2. The lowest BCUT2D eigenvalue weighted by Gasteiger charge is -2.20. The lowest BCUT2D eigenvalue weighted by Crippen LogP contribution is -2.20. The molecule has 0 amide bonds. The monoisotopic (exact) mass is 342 g/mol. The molecule has 0 saturated heterocycles. The Balaban J connectivity index is 2.02. The molecule has 0 heterocycles. The highest BCUT2D eigenvalue weighted by molar-refractivity contribution is 6.29. The van der Waals surface area contributed by atoms with E-state index >= 15 is 0 Å². The van der Waals surface area contributed by atoms with E-state index in [1.54, 1.807) is 12.1 Å². The number of carbonyl (C=O) groups excluding carboxylic acids is 2. The van der Waals surface area contributed by atoms with E-state index in [0.717, 1.165) is 36.5 Å². The van der Waals surface area contributed by atoms with Crippen LogP contribution in [0.15, 0.2) is 48.5 Å². The molecule has 4 rings (SSSR count). The number of rotatable bonds is 4. The summed E-state index contributed by atoms with van der Waals surface area (Å²) in [6.07, 6.45) is 4.05. The molecule has 0 saturated carbocycles. The highest BCUT2D eigenvalue weighted by Gasteiger charge is 2.30. The standard InChI is InChI=1S/C24H22O2/c1-3-7-15-11-12-16(8-4-2)20-14-22-21(13-19(15)20)23(25)17-9-5-6-10-18(17)24(22)26/h5-6,9-14H,3-4,7-8H2,1-2H3. The minimum Gasteiger partial charge on any atom is -0.289 e. The van der Waals surface area contributed by atoms with Gasteiger partial charge in [0.25, 0.3) is 0 Å². The van der Waals surface area contributed by atoms with Crippen molar-refractivity contribution in [2.24, 2.45) is 0 Å². The van der Waals surface area contributed by atoms with Gasteiger partial charge in [0.2, 0.25) is 0 Å². The first-order chi connectivity index (χ1) is 12.7. The molecule has 130 valence electrons. The minimum absolute atomic E-state index is 0.0413. The molecular weight excluding hydrogens is 320 g/mol. The summed E-state index contributed by atoms with van der Waals surface area (Å²) in [6, 6.07) is 15.4. The Kier molecular flexibility index (Phi) is 4.20. The second-order valence-electron chi connectivity index (χ2n) is 7.03. The van der Waals surface area contributed by atoms with Crippen LogP contribution in [0.3, 0.4) is 0 Å². The van der Waals surface area contributed by atoms with Crippen LogP contribution in [0.25, 0.3) is 10.8 Å². The molecule has 3 aromatic rings. The summed E-state index contributed by atoms with van der Waals surface area (Å²) in [5.41, 5.74) is 4.64. The van der Waals surface area contributed by atoms with Crippen LogP contribution in [-0.2, 0) is 12.8 Å². The van der Waals surface area contributed by atoms with Crippen LogP contribution in [0.5, 0.6) is 0 Å². The SMILES string of the molecule is CCCc1ccc(CCC)c2cc3c(cc12)C(=O)c1ccccc1C3=O. The van der Waals surface area contributed by atoms with E-state index in [1.165, 1.54) is 11.1 Å². The second kappa shape index (κ2) is 6.53. The third-order valence-corrected chi connectivity index (χ3v) is 5.28. The number of hydrogen-bond donors (Lipinski definition) is 0. The van der Waals surface area contributed by atoms with Gasteiger partial charge in [0.05, 0.1) is 0 Å². The van der Waals surface area contributed by atoms with Gasteiger partial charge in [0.1, 0.15) is 0 Å². The molecule has 0 aliphatic heterocycles. The van der Waals surface area contributed by atoms with Crippen LogP contribution in [-0.4, -0.2) is 11.6 Å². The quantitative estimate of drug-likeness (QED) is 0.489. The maximum Gasteiger partial charge on any atom is 0.194 e.